The number of para-hydroxylation sites is 1. The van der Waals surface area contributed by atoms with E-state index in [2.05, 4.69) is 15.4 Å². The van der Waals surface area contributed by atoms with E-state index in [1.54, 1.807) is 16.4 Å². The molecule has 2 aliphatic rings. The number of hydrogen-bond acceptors (Lipinski definition) is 4. The van der Waals surface area contributed by atoms with E-state index < -0.39 is 0 Å². The van der Waals surface area contributed by atoms with Crippen molar-refractivity contribution in [2.45, 2.75) is 18.8 Å². The van der Waals surface area contributed by atoms with Crippen LogP contribution in [0.5, 0.6) is 0 Å². The maximum absolute atomic E-state index is 12.6. The molecule has 5 nitrogen and oxygen atoms in total. The first-order chi connectivity index (χ1) is 10.8. The molecule has 0 spiro atoms. The summed E-state index contributed by atoms with van der Waals surface area (Å²) in [6.45, 7) is 0.769. The number of amides is 1. The van der Waals surface area contributed by atoms with Crippen LogP contribution in [-0.2, 0) is 0 Å². The minimum Gasteiger partial charge on any atom is -0.300 e. The predicted molar refractivity (Wildman–Crippen MR) is 87.8 cm³/mol. The Kier molecular flexibility index (Phi) is 3.46. The summed E-state index contributed by atoms with van der Waals surface area (Å²) in [6.07, 6.45) is 2.32. The van der Waals surface area contributed by atoms with Crippen LogP contribution in [0.2, 0.25) is 0 Å². The Hall–Kier alpha value is -2.08. The second-order valence-corrected chi connectivity index (χ2v) is 6.55. The van der Waals surface area contributed by atoms with Crippen LogP contribution in [0, 0.1) is 0 Å². The van der Waals surface area contributed by atoms with Crippen LogP contribution in [-0.4, -0.2) is 33.2 Å². The molecule has 1 aliphatic carbocycles. The van der Waals surface area contributed by atoms with E-state index >= 15 is 0 Å². The van der Waals surface area contributed by atoms with Gasteiger partial charge in [-0.3, -0.25) is 15.1 Å². The number of aromatic nitrogens is 2. The standard InChI is InChI=1S/C16H16N4OS/c21-15(18-16-17-8-9-22-16)14-10-13(11-6-7-11)19-20(14)12-4-2-1-3-5-12/h1-5,10-11H,6-9H2,(H,17,18,21). The zero-order valence-corrected chi connectivity index (χ0v) is 12.8. The van der Waals surface area contributed by atoms with Gasteiger partial charge < -0.3 is 0 Å². The van der Waals surface area contributed by atoms with E-state index in [4.69, 9.17) is 0 Å². The molecule has 6 heteroatoms. The summed E-state index contributed by atoms with van der Waals surface area (Å²) in [5.41, 5.74) is 2.49. The van der Waals surface area contributed by atoms with E-state index in [0.717, 1.165) is 36.5 Å². The van der Waals surface area contributed by atoms with Crippen LogP contribution in [0.15, 0.2) is 41.4 Å². The van der Waals surface area contributed by atoms with Crippen molar-refractivity contribution in [2.24, 2.45) is 4.99 Å². The molecular weight excluding hydrogens is 296 g/mol. The number of benzene rings is 1. The first-order valence-electron chi connectivity index (χ1n) is 7.45. The van der Waals surface area contributed by atoms with E-state index in [1.807, 2.05) is 36.4 Å². The van der Waals surface area contributed by atoms with Gasteiger partial charge in [0.1, 0.15) is 5.69 Å². The maximum Gasteiger partial charge on any atom is 0.275 e. The average molecular weight is 312 g/mol. The average Bonchev–Trinajstić information content (AvgIpc) is 3.10. The zero-order valence-electron chi connectivity index (χ0n) is 12.0. The van der Waals surface area contributed by atoms with E-state index in [1.165, 1.54) is 0 Å². The number of carbonyl (C=O) groups is 1. The monoisotopic (exact) mass is 312 g/mol. The third kappa shape index (κ3) is 2.66. The Morgan fingerprint density at radius 2 is 2.09 bits per heavy atom. The van der Waals surface area contributed by atoms with Crippen molar-refractivity contribution in [1.82, 2.24) is 15.1 Å². The van der Waals surface area contributed by atoms with Gasteiger partial charge in [0, 0.05) is 11.7 Å². The van der Waals surface area contributed by atoms with Gasteiger partial charge in [-0.05, 0) is 31.0 Å². The highest BCUT2D eigenvalue weighted by atomic mass is 32.2. The second-order valence-electron chi connectivity index (χ2n) is 5.47. The van der Waals surface area contributed by atoms with Crippen molar-refractivity contribution < 1.29 is 4.79 Å². The van der Waals surface area contributed by atoms with E-state index in [0.29, 0.717) is 16.8 Å². The molecule has 2 heterocycles. The smallest absolute Gasteiger partial charge is 0.275 e. The highest BCUT2D eigenvalue weighted by molar-refractivity contribution is 8.14. The van der Waals surface area contributed by atoms with Gasteiger partial charge in [-0.25, -0.2) is 4.68 Å². The Balaban J connectivity index is 1.68. The Morgan fingerprint density at radius 3 is 2.77 bits per heavy atom. The molecule has 112 valence electrons. The number of rotatable bonds is 3. The molecule has 22 heavy (non-hydrogen) atoms. The summed E-state index contributed by atoms with van der Waals surface area (Å²) in [4.78, 5) is 16.9. The second kappa shape index (κ2) is 5.61. The third-order valence-corrected chi connectivity index (χ3v) is 4.65. The highest BCUT2D eigenvalue weighted by Crippen LogP contribution is 2.39. The number of carbonyl (C=O) groups excluding carboxylic acids is 1. The Labute approximate surface area is 132 Å². The molecule has 0 unspecified atom stereocenters. The fraction of sp³-hybridized carbons (Fsp3) is 0.312. The molecule has 1 aromatic carbocycles. The van der Waals surface area contributed by atoms with E-state index in [9.17, 15) is 4.79 Å². The molecule has 1 aliphatic heterocycles. The van der Waals surface area contributed by atoms with Crippen molar-refractivity contribution >= 4 is 22.8 Å². The first kappa shape index (κ1) is 13.6. The molecule has 2 aromatic rings. The highest BCUT2D eigenvalue weighted by Gasteiger charge is 2.29. The molecule has 1 N–H and O–H groups in total. The zero-order chi connectivity index (χ0) is 14.9. The van der Waals surface area contributed by atoms with Crippen molar-refractivity contribution in [3.05, 3.63) is 47.8 Å². The summed E-state index contributed by atoms with van der Waals surface area (Å²) in [5, 5.41) is 8.25. The fourth-order valence-corrected chi connectivity index (χ4v) is 3.20. The molecule has 0 saturated heterocycles. The molecule has 1 amide bonds. The summed E-state index contributed by atoms with van der Waals surface area (Å²) in [5.74, 6) is 1.30. The topological polar surface area (TPSA) is 59.3 Å². The van der Waals surface area contributed by atoms with Gasteiger partial charge in [-0.2, -0.15) is 5.10 Å². The molecule has 0 radical (unpaired) electrons. The van der Waals surface area contributed by atoms with Crippen LogP contribution >= 0.6 is 11.8 Å². The van der Waals surface area contributed by atoms with Gasteiger partial charge in [0.05, 0.1) is 17.9 Å². The quantitative estimate of drug-likeness (QED) is 0.947. The molecular formula is C16H16N4OS. The number of nitrogens with one attached hydrogen (secondary N) is 1. The molecule has 0 bridgehead atoms. The summed E-state index contributed by atoms with van der Waals surface area (Å²) in [6, 6.07) is 11.7. The van der Waals surface area contributed by atoms with Gasteiger partial charge in [-0.1, -0.05) is 30.0 Å². The molecule has 0 atom stereocenters. The lowest BCUT2D eigenvalue weighted by atomic mass is 10.2. The van der Waals surface area contributed by atoms with Crippen LogP contribution in [0.3, 0.4) is 0 Å². The van der Waals surface area contributed by atoms with Gasteiger partial charge >= 0.3 is 0 Å². The molecule has 1 fully saturated rings. The summed E-state index contributed by atoms with van der Waals surface area (Å²) < 4.78 is 1.74. The number of aliphatic imine (C=N–C) groups is 1. The van der Waals surface area contributed by atoms with Crippen LogP contribution in [0.1, 0.15) is 34.9 Å². The number of thioether (sulfide) groups is 1. The Morgan fingerprint density at radius 1 is 1.27 bits per heavy atom. The molecule has 4 rings (SSSR count). The van der Waals surface area contributed by atoms with Crippen LogP contribution in [0.25, 0.3) is 5.69 Å². The molecule has 1 saturated carbocycles. The molecule has 1 aromatic heterocycles. The number of amidine groups is 1. The largest absolute Gasteiger partial charge is 0.300 e. The fourth-order valence-electron chi connectivity index (χ4n) is 2.48. The lowest BCUT2D eigenvalue weighted by Crippen LogP contribution is -2.29. The van der Waals surface area contributed by atoms with Gasteiger partial charge in [0.25, 0.3) is 5.91 Å². The minimum absolute atomic E-state index is 0.142. The van der Waals surface area contributed by atoms with Gasteiger partial charge in [0.15, 0.2) is 5.17 Å². The lowest BCUT2D eigenvalue weighted by molar-refractivity contribution is 0.0970. The van der Waals surface area contributed by atoms with Gasteiger partial charge in [0.2, 0.25) is 0 Å². The van der Waals surface area contributed by atoms with Crippen molar-refractivity contribution in [1.29, 1.82) is 0 Å². The maximum atomic E-state index is 12.6. The predicted octanol–water partition coefficient (Wildman–Crippen LogP) is 2.58. The van der Waals surface area contributed by atoms with Gasteiger partial charge in [-0.15, -0.1) is 0 Å². The number of nitrogens with zero attached hydrogens (tertiary/aromatic N) is 3. The third-order valence-electron chi connectivity index (χ3n) is 3.76. The van der Waals surface area contributed by atoms with Crippen LogP contribution < -0.4 is 5.32 Å². The Bertz CT molecular complexity index is 734. The first-order valence-corrected chi connectivity index (χ1v) is 8.44. The van der Waals surface area contributed by atoms with E-state index in [-0.39, 0.29) is 5.91 Å². The minimum atomic E-state index is -0.142. The van der Waals surface area contributed by atoms with Crippen molar-refractivity contribution in [3.63, 3.8) is 0 Å². The van der Waals surface area contributed by atoms with Crippen molar-refractivity contribution in [2.75, 3.05) is 12.3 Å². The van der Waals surface area contributed by atoms with Crippen LogP contribution in [0.4, 0.5) is 0 Å². The summed E-state index contributed by atoms with van der Waals surface area (Å²) >= 11 is 1.58. The number of hydrogen-bond donors (Lipinski definition) is 1. The van der Waals surface area contributed by atoms with Crippen molar-refractivity contribution in [3.8, 4) is 5.69 Å². The lowest BCUT2D eigenvalue weighted by Gasteiger charge is -2.07. The normalized spacial score (nSPS) is 17.4. The summed E-state index contributed by atoms with van der Waals surface area (Å²) in [7, 11) is 0. The SMILES string of the molecule is O=C(NC1=NCCS1)c1cc(C2CC2)nn1-c1ccccc1.